The lowest BCUT2D eigenvalue weighted by Crippen LogP contribution is -2.53. The summed E-state index contributed by atoms with van der Waals surface area (Å²) in [7, 11) is -2.47. The number of ether oxygens (including phenoxy) is 1. The van der Waals surface area contributed by atoms with E-state index in [1.54, 1.807) is 49.4 Å². The molecule has 0 heterocycles. The van der Waals surface area contributed by atoms with E-state index in [1.807, 2.05) is 13.8 Å². The summed E-state index contributed by atoms with van der Waals surface area (Å²) in [4.78, 5) is 28.3. The third-order valence-electron chi connectivity index (χ3n) is 5.81. The monoisotopic (exact) mass is 557 g/mol. The maximum atomic E-state index is 13.8. The molecule has 0 fully saturated rings. The molecule has 2 aromatic rings. The van der Waals surface area contributed by atoms with E-state index < -0.39 is 28.5 Å². The molecule has 198 valence electrons. The van der Waals surface area contributed by atoms with Crippen molar-refractivity contribution in [2.24, 2.45) is 0 Å². The molecule has 0 unspecified atom stereocenters. The molecule has 0 aromatic heterocycles. The molecule has 8 nitrogen and oxygen atoms in total. The first-order chi connectivity index (χ1) is 16.9. The summed E-state index contributed by atoms with van der Waals surface area (Å²) in [6, 6.07) is 10.5. The van der Waals surface area contributed by atoms with Gasteiger partial charge in [-0.3, -0.25) is 13.9 Å². The summed E-state index contributed by atoms with van der Waals surface area (Å²) in [6.07, 6.45) is 2.01. The first-order valence-electron chi connectivity index (χ1n) is 11.6. The molecular weight excluding hydrogens is 525 g/mol. The van der Waals surface area contributed by atoms with Crippen LogP contribution in [0.5, 0.6) is 5.75 Å². The fourth-order valence-electron chi connectivity index (χ4n) is 3.64. The number of nitrogens with zero attached hydrogens (tertiary/aromatic N) is 2. The topological polar surface area (TPSA) is 96.0 Å². The Morgan fingerprint density at radius 3 is 2.17 bits per heavy atom. The van der Waals surface area contributed by atoms with Crippen LogP contribution in [-0.4, -0.2) is 57.1 Å². The third-order valence-corrected chi connectivity index (χ3v) is 7.64. The first kappa shape index (κ1) is 29.7. The highest BCUT2D eigenvalue weighted by Crippen LogP contribution is 2.31. The number of carbonyl (C=O) groups is 2. The Morgan fingerprint density at radius 2 is 1.64 bits per heavy atom. The fraction of sp³-hybridized carbons (Fsp3) is 0.440. The molecule has 36 heavy (non-hydrogen) atoms. The first-order valence-corrected chi connectivity index (χ1v) is 14.2. The van der Waals surface area contributed by atoms with Crippen molar-refractivity contribution < 1.29 is 22.7 Å². The van der Waals surface area contributed by atoms with Crippen LogP contribution in [0.2, 0.25) is 10.0 Å². The lowest BCUT2D eigenvalue weighted by atomic mass is 10.1. The number of sulfonamides is 1. The van der Waals surface area contributed by atoms with Gasteiger partial charge in [0.1, 0.15) is 18.3 Å². The zero-order valence-electron chi connectivity index (χ0n) is 21.1. The van der Waals surface area contributed by atoms with Crippen molar-refractivity contribution in [2.45, 2.75) is 52.2 Å². The molecule has 1 N–H and O–H groups in total. The van der Waals surface area contributed by atoms with E-state index in [4.69, 9.17) is 27.9 Å². The van der Waals surface area contributed by atoms with E-state index in [1.165, 1.54) is 12.0 Å². The van der Waals surface area contributed by atoms with Crippen LogP contribution in [0.3, 0.4) is 0 Å². The highest BCUT2D eigenvalue weighted by Gasteiger charge is 2.33. The van der Waals surface area contributed by atoms with Crippen molar-refractivity contribution in [3.63, 3.8) is 0 Å². The smallest absolute Gasteiger partial charge is 0.244 e. The average Bonchev–Trinajstić information content (AvgIpc) is 2.83. The molecule has 0 saturated carbocycles. The fourth-order valence-corrected chi connectivity index (χ4v) is 5.01. The number of anilines is 1. The minimum Gasteiger partial charge on any atom is -0.495 e. The van der Waals surface area contributed by atoms with E-state index in [0.29, 0.717) is 28.5 Å². The second kappa shape index (κ2) is 13.2. The Balaban J connectivity index is 2.54. The van der Waals surface area contributed by atoms with E-state index in [9.17, 15) is 18.0 Å². The molecule has 0 spiro atoms. The van der Waals surface area contributed by atoms with E-state index in [2.05, 4.69) is 5.32 Å². The Labute approximate surface area is 223 Å². The Morgan fingerprint density at radius 1 is 1.03 bits per heavy atom. The molecule has 2 amide bonds. The van der Waals surface area contributed by atoms with Gasteiger partial charge in [0.25, 0.3) is 0 Å². The molecule has 0 bridgehead atoms. The van der Waals surface area contributed by atoms with Crippen LogP contribution in [0.25, 0.3) is 0 Å². The number of nitrogens with one attached hydrogen (secondary N) is 1. The molecule has 2 rings (SSSR count). The quantitative estimate of drug-likeness (QED) is 0.414. The average molecular weight is 559 g/mol. The van der Waals surface area contributed by atoms with Crippen LogP contribution in [0.4, 0.5) is 5.69 Å². The standard InChI is InChI=1S/C25H33Cl2N3O5S/c1-6-17(3)28-25(32)21(7-2)29(15-18-19(26)11-10-12-20(18)27)24(31)16-30(36(5,33)34)22-13-8-9-14-23(22)35-4/h8-14,17,21H,6-7,15-16H2,1-5H3,(H,28,32)/t17-,21-/m1/s1. The summed E-state index contributed by atoms with van der Waals surface area (Å²) in [5, 5.41) is 3.58. The number of rotatable bonds is 12. The van der Waals surface area contributed by atoms with Gasteiger partial charge in [0.15, 0.2) is 0 Å². The Hall–Kier alpha value is -2.49. The second-order valence-electron chi connectivity index (χ2n) is 8.41. The van der Waals surface area contributed by atoms with Crippen molar-refractivity contribution in [2.75, 3.05) is 24.2 Å². The van der Waals surface area contributed by atoms with Crippen molar-refractivity contribution in [3.05, 3.63) is 58.1 Å². The number of amides is 2. The van der Waals surface area contributed by atoms with Gasteiger partial charge in [-0.15, -0.1) is 0 Å². The molecule has 0 aliphatic rings. The number of methoxy groups -OCH3 is 1. The predicted octanol–water partition coefficient (Wildman–Crippen LogP) is 4.49. The summed E-state index contributed by atoms with van der Waals surface area (Å²) in [5.74, 6) is -0.641. The van der Waals surface area contributed by atoms with Gasteiger partial charge in [0.05, 0.1) is 19.1 Å². The van der Waals surface area contributed by atoms with Gasteiger partial charge >= 0.3 is 0 Å². The molecule has 2 aromatic carbocycles. The molecule has 0 saturated heterocycles. The van der Waals surface area contributed by atoms with Crippen molar-refractivity contribution >= 4 is 50.7 Å². The van der Waals surface area contributed by atoms with E-state index >= 15 is 0 Å². The van der Waals surface area contributed by atoms with E-state index in [-0.39, 0.29) is 29.9 Å². The maximum absolute atomic E-state index is 13.8. The predicted molar refractivity (Wildman–Crippen MR) is 144 cm³/mol. The number of para-hydroxylation sites is 2. The number of halogens is 2. The largest absolute Gasteiger partial charge is 0.495 e. The second-order valence-corrected chi connectivity index (χ2v) is 11.1. The number of benzene rings is 2. The Bertz CT molecular complexity index is 1160. The zero-order chi connectivity index (χ0) is 27.0. The minimum atomic E-state index is -3.89. The molecule has 0 aliphatic carbocycles. The molecule has 0 aliphatic heterocycles. The summed E-state index contributed by atoms with van der Waals surface area (Å²) in [6.45, 7) is 4.97. The van der Waals surface area contributed by atoms with Crippen LogP contribution in [-0.2, 0) is 26.2 Å². The van der Waals surface area contributed by atoms with Gasteiger partial charge in [-0.2, -0.15) is 0 Å². The highest BCUT2D eigenvalue weighted by atomic mass is 35.5. The van der Waals surface area contributed by atoms with Gasteiger partial charge < -0.3 is 15.0 Å². The van der Waals surface area contributed by atoms with Gasteiger partial charge in [0, 0.05) is 28.2 Å². The number of hydrogen-bond acceptors (Lipinski definition) is 5. The lowest BCUT2D eigenvalue weighted by Gasteiger charge is -2.34. The third kappa shape index (κ3) is 7.51. The zero-order valence-corrected chi connectivity index (χ0v) is 23.5. The molecular formula is C25H33Cl2N3O5S. The molecule has 2 atom stereocenters. The van der Waals surface area contributed by atoms with Gasteiger partial charge in [-0.1, -0.05) is 55.2 Å². The van der Waals surface area contributed by atoms with Crippen LogP contribution in [0.1, 0.15) is 39.2 Å². The van der Waals surface area contributed by atoms with Crippen LogP contribution in [0, 0.1) is 0 Å². The van der Waals surface area contributed by atoms with Crippen molar-refractivity contribution in [1.82, 2.24) is 10.2 Å². The number of carbonyl (C=O) groups excluding carboxylic acids is 2. The molecule has 11 heteroatoms. The van der Waals surface area contributed by atoms with Crippen molar-refractivity contribution in [3.8, 4) is 5.75 Å². The van der Waals surface area contributed by atoms with Gasteiger partial charge in [-0.25, -0.2) is 8.42 Å². The molecule has 0 radical (unpaired) electrons. The number of hydrogen-bond donors (Lipinski definition) is 1. The Kier molecular flexibility index (Phi) is 10.9. The summed E-state index contributed by atoms with van der Waals surface area (Å²) in [5.41, 5.74) is 0.677. The maximum Gasteiger partial charge on any atom is 0.244 e. The lowest BCUT2D eigenvalue weighted by molar-refractivity contribution is -0.140. The normalized spacial score (nSPS) is 13.0. The van der Waals surface area contributed by atoms with Crippen molar-refractivity contribution in [1.29, 1.82) is 0 Å². The minimum absolute atomic E-state index is 0.0761. The summed E-state index contributed by atoms with van der Waals surface area (Å²) >= 11 is 12.8. The highest BCUT2D eigenvalue weighted by molar-refractivity contribution is 7.92. The van der Waals surface area contributed by atoms with Gasteiger partial charge in [0.2, 0.25) is 21.8 Å². The van der Waals surface area contributed by atoms with Gasteiger partial charge in [-0.05, 0) is 44.0 Å². The van der Waals surface area contributed by atoms with Crippen LogP contribution in [0.15, 0.2) is 42.5 Å². The van der Waals surface area contributed by atoms with Crippen LogP contribution >= 0.6 is 23.2 Å². The van der Waals surface area contributed by atoms with E-state index in [0.717, 1.165) is 10.6 Å². The SMILES string of the molecule is CC[C@@H](C)NC(=O)[C@@H](CC)N(Cc1c(Cl)cccc1Cl)C(=O)CN(c1ccccc1OC)S(C)(=O)=O. The summed E-state index contributed by atoms with van der Waals surface area (Å²) < 4.78 is 31.8. The van der Waals surface area contributed by atoms with Crippen LogP contribution < -0.4 is 14.4 Å².